The molecule has 0 bridgehead atoms. The van der Waals surface area contributed by atoms with E-state index >= 15 is 0 Å². The second kappa shape index (κ2) is 11.8. The molecular weight excluding hydrogens is 216 g/mol. The summed E-state index contributed by atoms with van der Waals surface area (Å²) >= 11 is 5.65. The molecule has 1 atom stereocenters. The van der Waals surface area contributed by atoms with Crippen molar-refractivity contribution in [1.29, 1.82) is 0 Å². The van der Waals surface area contributed by atoms with Gasteiger partial charge in [-0.2, -0.15) is 0 Å². The van der Waals surface area contributed by atoms with E-state index in [0.717, 1.165) is 17.7 Å². The van der Waals surface area contributed by atoms with Crippen LogP contribution in [0.5, 0.6) is 0 Å². The Hall–Kier alpha value is 0.290. The minimum atomic E-state index is 0.839. The van der Waals surface area contributed by atoms with Crippen LogP contribution in [-0.2, 0) is 0 Å². The third kappa shape index (κ3) is 12.4. The van der Waals surface area contributed by atoms with Crippen LogP contribution < -0.4 is 0 Å². The normalized spacial score (nSPS) is 13.3. The maximum Gasteiger partial charge on any atom is 0.0223 e. The van der Waals surface area contributed by atoms with Gasteiger partial charge in [0.05, 0.1) is 0 Å². The molecule has 0 radical (unpaired) electrons. The van der Waals surface area contributed by atoms with E-state index in [4.69, 9.17) is 11.6 Å². The zero-order valence-corrected chi connectivity index (χ0v) is 12.4. The molecule has 0 spiro atoms. The highest BCUT2D eigenvalue weighted by atomic mass is 35.5. The Kier molecular flexibility index (Phi) is 12.0. The molecule has 0 saturated carbocycles. The molecule has 0 aromatic carbocycles. The molecule has 1 heteroatoms. The van der Waals surface area contributed by atoms with Gasteiger partial charge in [0.15, 0.2) is 0 Å². The standard InChI is InChI=1S/C15H31Cl/c1-14(2)10-9-12-15(3)11-7-5-4-6-8-13-16/h14-15H,4-13H2,1-3H3. The van der Waals surface area contributed by atoms with Crippen LogP contribution in [0.3, 0.4) is 0 Å². The molecule has 0 aliphatic heterocycles. The Balaban J connectivity index is 3.14. The molecule has 0 fully saturated rings. The Bertz CT molecular complexity index is 131. The van der Waals surface area contributed by atoms with Gasteiger partial charge in [-0.1, -0.05) is 72.1 Å². The predicted octanol–water partition coefficient (Wildman–Crippen LogP) is 6.03. The van der Waals surface area contributed by atoms with Gasteiger partial charge >= 0.3 is 0 Å². The van der Waals surface area contributed by atoms with Crippen molar-refractivity contribution < 1.29 is 0 Å². The van der Waals surface area contributed by atoms with Gasteiger partial charge in [0, 0.05) is 5.88 Å². The summed E-state index contributed by atoms with van der Waals surface area (Å²) in [5, 5.41) is 0. The van der Waals surface area contributed by atoms with E-state index in [2.05, 4.69) is 20.8 Å². The summed E-state index contributed by atoms with van der Waals surface area (Å²) in [6.45, 7) is 7.06. The SMILES string of the molecule is CC(C)CCCC(C)CCCCCCCCl. The van der Waals surface area contributed by atoms with Gasteiger partial charge in [-0.05, 0) is 18.3 Å². The van der Waals surface area contributed by atoms with Crippen LogP contribution in [0.4, 0.5) is 0 Å². The molecular formula is C15H31Cl. The average Bonchev–Trinajstić information content (AvgIpc) is 2.22. The van der Waals surface area contributed by atoms with Crippen molar-refractivity contribution in [3.8, 4) is 0 Å². The molecule has 0 heterocycles. The lowest BCUT2D eigenvalue weighted by molar-refractivity contribution is 0.418. The van der Waals surface area contributed by atoms with Crippen LogP contribution in [0.25, 0.3) is 0 Å². The smallest absolute Gasteiger partial charge is 0.0223 e. The van der Waals surface area contributed by atoms with Gasteiger partial charge in [-0.15, -0.1) is 11.6 Å². The summed E-state index contributed by atoms with van der Waals surface area (Å²) in [5.74, 6) is 2.65. The average molecular weight is 247 g/mol. The third-order valence-electron chi connectivity index (χ3n) is 3.31. The summed E-state index contributed by atoms with van der Waals surface area (Å²) in [5.41, 5.74) is 0. The van der Waals surface area contributed by atoms with Crippen molar-refractivity contribution in [3.05, 3.63) is 0 Å². The minimum absolute atomic E-state index is 0.839. The lowest BCUT2D eigenvalue weighted by atomic mass is 9.95. The first kappa shape index (κ1) is 16.3. The van der Waals surface area contributed by atoms with Crippen molar-refractivity contribution in [3.63, 3.8) is 0 Å². The van der Waals surface area contributed by atoms with E-state index in [1.165, 1.54) is 57.8 Å². The molecule has 0 amide bonds. The highest BCUT2D eigenvalue weighted by molar-refractivity contribution is 6.17. The molecule has 0 rings (SSSR count). The van der Waals surface area contributed by atoms with E-state index in [1.54, 1.807) is 0 Å². The number of hydrogen-bond acceptors (Lipinski definition) is 0. The van der Waals surface area contributed by atoms with Gasteiger partial charge in [-0.3, -0.25) is 0 Å². The van der Waals surface area contributed by atoms with Gasteiger partial charge in [0.2, 0.25) is 0 Å². The Morgan fingerprint density at radius 2 is 1.25 bits per heavy atom. The van der Waals surface area contributed by atoms with Crippen LogP contribution in [0.2, 0.25) is 0 Å². The highest BCUT2D eigenvalue weighted by Crippen LogP contribution is 2.18. The van der Waals surface area contributed by atoms with E-state index in [-0.39, 0.29) is 0 Å². The molecule has 0 aromatic heterocycles. The second-order valence-electron chi connectivity index (χ2n) is 5.68. The van der Waals surface area contributed by atoms with Crippen molar-refractivity contribution in [1.82, 2.24) is 0 Å². The molecule has 0 aliphatic rings. The molecule has 0 aromatic rings. The van der Waals surface area contributed by atoms with Crippen LogP contribution >= 0.6 is 11.6 Å². The Labute approximate surface area is 108 Å². The summed E-state index contributed by atoms with van der Waals surface area (Å²) in [6, 6.07) is 0. The fraction of sp³-hybridized carbons (Fsp3) is 1.00. The lowest BCUT2D eigenvalue weighted by Gasteiger charge is -2.11. The minimum Gasteiger partial charge on any atom is -0.127 e. The van der Waals surface area contributed by atoms with Gasteiger partial charge < -0.3 is 0 Å². The first-order valence-electron chi connectivity index (χ1n) is 7.22. The predicted molar refractivity (Wildman–Crippen MR) is 76.3 cm³/mol. The Morgan fingerprint density at radius 1 is 0.688 bits per heavy atom. The van der Waals surface area contributed by atoms with E-state index in [1.807, 2.05) is 0 Å². The molecule has 1 unspecified atom stereocenters. The second-order valence-corrected chi connectivity index (χ2v) is 6.05. The maximum atomic E-state index is 5.65. The van der Waals surface area contributed by atoms with Gasteiger partial charge in [0.1, 0.15) is 0 Å². The highest BCUT2D eigenvalue weighted by Gasteiger charge is 2.02. The number of halogens is 1. The molecule has 0 N–H and O–H groups in total. The van der Waals surface area contributed by atoms with E-state index in [0.29, 0.717) is 0 Å². The summed E-state index contributed by atoms with van der Waals surface area (Å²) < 4.78 is 0. The summed E-state index contributed by atoms with van der Waals surface area (Å²) in [7, 11) is 0. The van der Waals surface area contributed by atoms with Gasteiger partial charge in [-0.25, -0.2) is 0 Å². The number of hydrogen-bond donors (Lipinski definition) is 0. The molecule has 0 aliphatic carbocycles. The molecule has 0 saturated heterocycles. The van der Waals surface area contributed by atoms with Gasteiger partial charge in [0.25, 0.3) is 0 Å². The van der Waals surface area contributed by atoms with Crippen LogP contribution in [0, 0.1) is 11.8 Å². The van der Waals surface area contributed by atoms with Crippen LogP contribution in [0.15, 0.2) is 0 Å². The first-order chi connectivity index (χ1) is 7.66. The monoisotopic (exact) mass is 246 g/mol. The van der Waals surface area contributed by atoms with Crippen molar-refractivity contribution in [2.24, 2.45) is 11.8 Å². The molecule has 0 nitrogen and oxygen atoms in total. The van der Waals surface area contributed by atoms with Crippen molar-refractivity contribution >= 4 is 11.6 Å². The molecule has 16 heavy (non-hydrogen) atoms. The third-order valence-corrected chi connectivity index (χ3v) is 3.58. The number of alkyl halides is 1. The van der Waals surface area contributed by atoms with Crippen molar-refractivity contribution in [2.75, 3.05) is 5.88 Å². The zero-order valence-electron chi connectivity index (χ0n) is 11.6. The lowest BCUT2D eigenvalue weighted by Crippen LogP contribution is -1.96. The largest absolute Gasteiger partial charge is 0.127 e. The Morgan fingerprint density at radius 3 is 1.88 bits per heavy atom. The first-order valence-corrected chi connectivity index (χ1v) is 7.76. The van der Waals surface area contributed by atoms with E-state index in [9.17, 15) is 0 Å². The fourth-order valence-electron chi connectivity index (χ4n) is 2.14. The quantitative estimate of drug-likeness (QED) is 0.309. The zero-order chi connectivity index (χ0) is 12.2. The number of unbranched alkanes of at least 4 members (excludes halogenated alkanes) is 4. The topological polar surface area (TPSA) is 0 Å². The van der Waals surface area contributed by atoms with Crippen LogP contribution in [-0.4, -0.2) is 5.88 Å². The maximum absolute atomic E-state index is 5.65. The molecule has 98 valence electrons. The van der Waals surface area contributed by atoms with Crippen LogP contribution in [0.1, 0.15) is 78.6 Å². The summed E-state index contributed by atoms with van der Waals surface area (Å²) in [6.07, 6.45) is 12.4. The van der Waals surface area contributed by atoms with Crippen molar-refractivity contribution in [2.45, 2.75) is 78.6 Å². The van der Waals surface area contributed by atoms with E-state index < -0.39 is 0 Å². The fourth-order valence-corrected chi connectivity index (χ4v) is 2.33. The number of rotatable bonds is 11. The summed E-state index contributed by atoms with van der Waals surface area (Å²) in [4.78, 5) is 0.